The van der Waals surface area contributed by atoms with Crippen molar-refractivity contribution in [3.8, 4) is 0 Å². The summed E-state index contributed by atoms with van der Waals surface area (Å²) in [5, 5.41) is 6.41. The molecule has 0 aromatic heterocycles. The molecule has 15 heavy (non-hydrogen) atoms. The van der Waals surface area contributed by atoms with Crippen molar-refractivity contribution in [1.82, 2.24) is 5.01 Å². The van der Waals surface area contributed by atoms with Crippen LogP contribution in [-0.4, -0.2) is 23.7 Å². The van der Waals surface area contributed by atoms with Crippen molar-refractivity contribution in [2.75, 3.05) is 7.05 Å². The van der Waals surface area contributed by atoms with Gasteiger partial charge in [-0.15, -0.1) is 0 Å². The number of nitrogens with zero attached hydrogens (tertiary/aromatic N) is 2. The molecule has 1 heterocycles. The number of rotatable bonds is 1. The topological polar surface area (TPSA) is 32.7 Å². The van der Waals surface area contributed by atoms with E-state index < -0.39 is 0 Å². The number of carbonyl (C=O) groups excluding carboxylic acids is 1. The lowest BCUT2D eigenvalue weighted by molar-refractivity contribution is -0.127. The summed E-state index contributed by atoms with van der Waals surface area (Å²) < 4.78 is 0. The Bertz CT molecular complexity index is 457. The zero-order valence-corrected chi connectivity index (χ0v) is 9.51. The summed E-state index contributed by atoms with van der Waals surface area (Å²) in [6.07, 6.45) is 0.314. The summed E-state index contributed by atoms with van der Waals surface area (Å²) in [6, 6.07) is 5.22. The van der Waals surface area contributed by atoms with E-state index in [1.54, 1.807) is 25.2 Å². The number of amides is 1. The number of carbonyl (C=O) groups is 1. The fourth-order valence-electron chi connectivity index (χ4n) is 1.37. The second-order valence-corrected chi connectivity index (χ2v) is 4.08. The van der Waals surface area contributed by atoms with Crippen LogP contribution in [0.2, 0.25) is 10.0 Å². The van der Waals surface area contributed by atoms with Gasteiger partial charge in [0.25, 0.3) is 0 Å². The Balaban J connectivity index is 2.35. The Hall–Kier alpha value is -1.06. The average Bonchev–Trinajstić information content (AvgIpc) is 2.52. The molecule has 0 saturated carbocycles. The van der Waals surface area contributed by atoms with Crippen LogP contribution < -0.4 is 0 Å². The Labute approximate surface area is 97.3 Å². The fraction of sp³-hybridized carbons (Fsp3) is 0.200. The molecule has 1 amide bonds. The third-order valence-corrected chi connectivity index (χ3v) is 2.94. The van der Waals surface area contributed by atoms with Crippen molar-refractivity contribution in [2.24, 2.45) is 5.10 Å². The average molecular weight is 243 g/mol. The molecule has 0 fully saturated rings. The number of benzene rings is 1. The molecule has 0 saturated heterocycles. The highest BCUT2D eigenvalue weighted by Crippen LogP contribution is 2.24. The summed E-state index contributed by atoms with van der Waals surface area (Å²) in [5.41, 5.74) is 1.56. The van der Waals surface area contributed by atoms with Crippen molar-refractivity contribution < 1.29 is 4.79 Å². The summed E-state index contributed by atoms with van der Waals surface area (Å²) in [4.78, 5) is 11.3. The number of halogens is 2. The zero-order valence-electron chi connectivity index (χ0n) is 8.00. The van der Waals surface area contributed by atoms with Gasteiger partial charge in [0.15, 0.2) is 0 Å². The second kappa shape index (κ2) is 3.83. The van der Waals surface area contributed by atoms with Crippen LogP contribution in [0.3, 0.4) is 0 Å². The molecule has 0 atom stereocenters. The quantitative estimate of drug-likeness (QED) is 0.746. The Morgan fingerprint density at radius 1 is 1.33 bits per heavy atom. The summed E-state index contributed by atoms with van der Waals surface area (Å²) in [5.74, 6) is -0.0175. The normalized spacial score (nSPS) is 15.8. The van der Waals surface area contributed by atoms with Gasteiger partial charge < -0.3 is 0 Å². The lowest BCUT2D eigenvalue weighted by Gasteiger charge is -2.01. The highest BCUT2D eigenvalue weighted by molar-refractivity contribution is 6.42. The van der Waals surface area contributed by atoms with Crippen LogP contribution in [-0.2, 0) is 4.79 Å². The van der Waals surface area contributed by atoms with E-state index >= 15 is 0 Å². The van der Waals surface area contributed by atoms with E-state index in [0.29, 0.717) is 16.5 Å². The van der Waals surface area contributed by atoms with Gasteiger partial charge in [-0.05, 0) is 17.7 Å². The minimum absolute atomic E-state index is 0.0175. The van der Waals surface area contributed by atoms with E-state index in [1.165, 1.54) is 5.01 Å². The first-order valence-electron chi connectivity index (χ1n) is 4.37. The lowest BCUT2D eigenvalue weighted by Crippen LogP contribution is -2.14. The van der Waals surface area contributed by atoms with E-state index in [4.69, 9.17) is 23.2 Å². The van der Waals surface area contributed by atoms with E-state index in [-0.39, 0.29) is 5.91 Å². The first kappa shape index (κ1) is 10.5. The molecule has 1 aliphatic heterocycles. The molecule has 0 N–H and O–H groups in total. The minimum Gasteiger partial charge on any atom is -0.273 e. The van der Waals surface area contributed by atoms with Gasteiger partial charge in [-0.1, -0.05) is 29.3 Å². The third kappa shape index (κ3) is 1.98. The molecular weight excluding hydrogens is 235 g/mol. The van der Waals surface area contributed by atoms with Crippen LogP contribution in [0, 0.1) is 0 Å². The molecule has 0 unspecified atom stereocenters. The number of hydrogen-bond acceptors (Lipinski definition) is 2. The van der Waals surface area contributed by atoms with Gasteiger partial charge in [0.05, 0.1) is 22.2 Å². The van der Waals surface area contributed by atoms with Crippen LogP contribution in [0.25, 0.3) is 0 Å². The van der Waals surface area contributed by atoms with Gasteiger partial charge in [-0.25, -0.2) is 5.01 Å². The fourth-order valence-corrected chi connectivity index (χ4v) is 1.66. The third-order valence-electron chi connectivity index (χ3n) is 2.20. The van der Waals surface area contributed by atoms with Crippen LogP contribution in [0.1, 0.15) is 12.0 Å². The van der Waals surface area contributed by atoms with E-state index in [2.05, 4.69) is 5.10 Å². The van der Waals surface area contributed by atoms with Crippen molar-refractivity contribution in [3.05, 3.63) is 33.8 Å². The SMILES string of the molecule is CN1N=C(c2ccc(Cl)c(Cl)c2)CC1=O. The standard InChI is InChI=1S/C10H8Cl2N2O/c1-14-10(15)5-9(13-14)6-2-3-7(11)8(12)4-6/h2-4H,5H2,1H3. The molecule has 2 rings (SSSR count). The maximum Gasteiger partial charge on any atom is 0.248 e. The van der Waals surface area contributed by atoms with Gasteiger partial charge in [0, 0.05) is 7.05 Å². The minimum atomic E-state index is -0.0175. The smallest absolute Gasteiger partial charge is 0.248 e. The Kier molecular flexibility index (Phi) is 2.67. The van der Waals surface area contributed by atoms with Crippen LogP contribution in [0.5, 0.6) is 0 Å². The molecule has 78 valence electrons. The highest BCUT2D eigenvalue weighted by Gasteiger charge is 2.21. The first-order valence-corrected chi connectivity index (χ1v) is 5.13. The Morgan fingerprint density at radius 3 is 2.60 bits per heavy atom. The van der Waals surface area contributed by atoms with Gasteiger partial charge in [-0.2, -0.15) is 5.10 Å². The molecule has 0 radical (unpaired) electrons. The number of hydrogen-bond donors (Lipinski definition) is 0. The van der Waals surface area contributed by atoms with Gasteiger partial charge in [0.1, 0.15) is 0 Å². The van der Waals surface area contributed by atoms with Crippen LogP contribution in [0.15, 0.2) is 23.3 Å². The monoisotopic (exact) mass is 242 g/mol. The predicted octanol–water partition coefficient (Wildman–Crippen LogP) is 2.56. The zero-order chi connectivity index (χ0) is 11.0. The van der Waals surface area contributed by atoms with Crippen molar-refractivity contribution in [1.29, 1.82) is 0 Å². The second-order valence-electron chi connectivity index (χ2n) is 3.27. The molecular formula is C10H8Cl2N2O. The van der Waals surface area contributed by atoms with Crippen molar-refractivity contribution in [3.63, 3.8) is 0 Å². The van der Waals surface area contributed by atoms with Crippen LogP contribution >= 0.6 is 23.2 Å². The molecule has 0 bridgehead atoms. The van der Waals surface area contributed by atoms with Gasteiger partial charge in [0.2, 0.25) is 5.91 Å². The van der Waals surface area contributed by atoms with E-state index in [1.807, 2.05) is 0 Å². The molecule has 1 aromatic rings. The molecule has 3 nitrogen and oxygen atoms in total. The van der Waals surface area contributed by atoms with E-state index in [9.17, 15) is 4.79 Å². The molecule has 1 aliphatic rings. The molecule has 1 aromatic carbocycles. The van der Waals surface area contributed by atoms with Crippen molar-refractivity contribution in [2.45, 2.75) is 6.42 Å². The van der Waals surface area contributed by atoms with Crippen LogP contribution in [0.4, 0.5) is 0 Å². The maximum atomic E-state index is 11.3. The van der Waals surface area contributed by atoms with Gasteiger partial charge >= 0.3 is 0 Å². The number of hydrazone groups is 1. The lowest BCUT2D eigenvalue weighted by atomic mass is 10.1. The van der Waals surface area contributed by atoms with Gasteiger partial charge in [-0.3, -0.25) is 4.79 Å². The Morgan fingerprint density at radius 2 is 2.07 bits per heavy atom. The summed E-state index contributed by atoms with van der Waals surface area (Å²) in [7, 11) is 1.63. The summed E-state index contributed by atoms with van der Waals surface area (Å²) >= 11 is 11.7. The first-order chi connectivity index (χ1) is 7.08. The van der Waals surface area contributed by atoms with E-state index in [0.717, 1.165) is 11.3 Å². The summed E-state index contributed by atoms with van der Waals surface area (Å²) in [6.45, 7) is 0. The van der Waals surface area contributed by atoms with Crippen molar-refractivity contribution >= 4 is 34.8 Å². The molecule has 0 aliphatic carbocycles. The molecule has 5 heteroatoms. The largest absolute Gasteiger partial charge is 0.273 e. The predicted molar refractivity (Wildman–Crippen MR) is 60.4 cm³/mol. The highest BCUT2D eigenvalue weighted by atomic mass is 35.5. The maximum absolute atomic E-state index is 11.3. The molecule has 0 spiro atoms.